The fraction of sp³-hybridized carbons (Fsp3) is 0.280. The molecule has 9 nitrogen and oxygen atoms in total. The van der Waals surface area contributed by atoms with Crippen molar-refractivity contribution in [2.24, 2.45) is 0 Å². The van der Waals surface area contributed by atoms with E-state index in [2.05, 4.69) is 20.4 Å². The molecule has 0 unspecified atom stereocenters. The number of nitrogen functional groups attached to an aromatic ring is 1. The third kappa shape index (κ3) is 4.86. The molecule has 3 heterocycles. The summed E-state index contributed by atoms with van der Waals surface area (Å²) in [7, 11) is 1.45. The van der Waals surface area contributed by atoms with E-state index in [9.17, 15) is 9.18 Å². The minimum atomic E-state index is -0.403. The Morgan fingerprint density at radius 1 is 1.20 bits per heavy atom. The van der Waals surface area contributed by atoms with Crippen molar-refractivity contribution in [3.8, 4) is 22.8 Å². The van der Waals surface area contributed by atoms with Gasteiger partial charge in [0, 0.05) is 30.1 Å². The molecular formula is C25H25FN6O3. The molecule has 1 amide bonds. The Balaban J connectivity index is 1.38. The zero-order valence-electron chi connectivity index (χ0n) is 19.2. The molecule has 3 aromatic heterocycles. The number of benzene rings is 1. The highest BCUT2D eigenvalue weighted by molar-refractivity contribution is 5.97. The quantitative estimate of drug-likeness (QED) is 0.417. The Morgan fingerprint density at radius 2 is 2.03 bits per heavy atom. The van der Waals surface area contributed by atoms with Gasteiger partial charge in [0.1, 0.15) is 17.1 Å². The number of ether oxygens (including phenoxy) is 2. The highest BCUT2D eigenvalue weighted by Crippen LogP contribution is 2.28. The maximum atomic E-state index is 14.0. The first-order valence-electron chi connectivity index (χ1n) is 11.4. The third-order valence-corrected chi connectivity index (χ3v) is 6.03. The number of halogens is 1. The smallest absolute Gasteiger partial charge is 0.257 e. The van der Waals surface area contributed by atoms with E-state index in [0.29, 0.717) is 22.5 Å². The van der Waals surface area contributed by atoms with Gasteiger partial charge in [0.15, 0.2) is 5.65 Å². The molecule has 0 saturated heterocycles. The summed E-state index contributed by atoms with van der Waals surface area (Å²) in [6, 6.07) is 9.68. The van der Waals surface area contributed by atoms with E-state index in [-0.39, 0.29) is 30.0 Å². The normalized spacial score (nSPS) is 13.8. The van der Waals surface area contributed by atoms with Gasteiger partial charge >= 0.3 is 0 Å². The fourth-order valence-electron chi connectivity index (χ4n) is 4.27. The molecule has 5 rings (SSSR count). The lowest BCUT2D eigenvalue weighted by Crippen LogP contribution is -2.24. The number of nitrogens with two attached hydrogens (primary N) is 1. The van der Waals surface area contributed by atoms with Crippen molar-refractivity contribution >= 4 is 17.5 Å². The molecule has 0 spiro atoms. The van der Waals surface area contributed by atoms with E-state index >= 15 is 0 Å². The molecule has 1 aromatic carbocycles. The average molecular weight is 477 g/mol. The Hall–Kier alpha value is -4.21. The first-order valence-corrected chi connectivity index (χ1v) is 11.4. The summed E-state index contributed by atoms with van der Waals surface area (Å²) in [6.07, 6.45) is 7.67. The number of nitrogens with one attached hydrogen (secondary N) is 1. The van der Waals surface area contributed by atoms with Crippen LogP contribution in [0.4, 0.5) is 10.3 Å². The molecule has 0 aliphatic heterocycles. The first kappa shape index (κ1) is 22.6. The van der Waals surface area contributed by atoms with E-state index < -0.39 is 11.7 Å². The summed E-state index contributed by atoms with van der Waals surface area (Å²) < 4.78 is 26.9. The number of aromatic nitrogens is 4. The summed E-state index contributed by atoms with van der Waals surface area (Å²) >= 11 is 0. The lowest BCUT2D eigenvalue weighted by Gasteiger charge is -2.17. The van der Waals surface area contributed by atoms with Gasteiger partial charge in [-0.2, -0.15) is 4.98 Å². The van der Waals surface area contributed by atoms with E-state index in [4.69, 9.17) is 15.2 Å². The second-order valence-corrected chi connectivity index (χ2v) is 8.43. The van der Waals surface area contributed by atoms with Crippen molar-refractivity contribution in [3.05, 3.63) is 65.7 Å². The van der Waals surface area contributed by atoms with Gasteiger partial charge in [-0.3, -0.25) is 4.79 Å². The van der Waals surface area contributed by atoms with Crippen LogP contribution in [0.2, 0.25) is 0 Å². The second kappa shape index (κ2) is 9.57. The maximum Gasteiger partial charge on any atom is 0.257 e. The van der Waals surface area contributed by atoms with Crippen molar-refractivity contribution in [2.45, 2.75) is 38.3 Å². The maximum absolute atomic E-state index is 14.0. The summed E-state index contributed by atoms with van der Waals surface area (Å²) in [5, 5.41) is 6.91. The van der Waals surface area contributed by atoms with Crippen molar-refractivity contribution in [1.29, 1.82) is 0 Å². The van der Waals surface area contributed by atoms with E-state index in [1.807, 2.05) is 6.07 Å². The Bertz CT molecular complexity index is 1380. The lowest BCUT2D eigenvalue weighted by atomic mass is 10.1. The van der Waals surface area contributed by atoms with Gasteiger partial charge in [-0.1, -0.05) is 0 Å². The number of fused-ring (bicyclic) bond motifs is 1. The van der Waals surface area contributed by atoms with Crippen LogP contribution >= 0.6 is 0 Å². The van der Waals surface area contributed by atoms with Crippen molar-refractivity contribution in [3.63, 3.8) is 0 Å². The number of methoxy groups -OCH3 is 1. The minimum absolute atomic E-state index is 0.0943. The number of anilines is 1. The molecular weight excluding hydrogens is 451 g/mol. The van der Waals surface area contributed by atoms with Gasteiger partial charge < -0.3 is 20.5 Å². The predicted molar refractivity (Wildman–Crippen MR) is 128 cm³/mol. The van der Waals surface area contributed by atoms with Gasteiger partial charge in [-0.25, -0.2) is 13.9 Å². The van der Waals surface area contributed by atoms with Gasteiger partial charge in [0.25, 0.3) is 5.91 Å². The van der Waals surface area contributed by atoms with Crippen LogP contribution in [-0.2, 0) is 6.54 Å². The molecule has 1 saturated carbocycles. The number of pyridine rings is 2. The molecule has 1 aliphatic rings. The number of hydrogen-bond acceptors (Lipinski definition) is 7. The van der Waals surface area contributed by atoms with Gasteiger partial charge in [-0.05, 0) is 67.6 Å². The molecule has 1 fully saturated rings. The van der Waals surface area contributed by atoms with E-state index in [0.717, 1.165) is 31.2 Å². The van der Waals surface area contributed by atoms with Crippen molar-refractivity contribution < 1.29 is 18.7 Å². The first-order chi connectivity index (χ1) is 17.0. The zero-order valence-corrected chi connectivity index (χ0v) is 19.2. The molecule has 4 aromatic rings. The molecule has 1 aliphatic carbocycles. The van der Waals surface area contributed by atoms with Gasteiger partial charge in [-0.15, -0.1) is 5.10 Å². The SMILES string of the molecule is COc1ncc(-c2ccn3nc(N)nc3c2)cc1C(=O)NCc1cc(F)ccc1OC1CCCC1. The second-order valence-electron chi connectivity index (χ2n) is 8.43. The van der Waals surface area contributed by atoms with Crippen LogP contribution in [0, 0.1) is 5.82 Å². The van der Waals surface area contributed by atoms with E-state index in [1.54, 1.807) is 35.1 Å². The Labute approximate surface area is 201 Å². The van der Waals surface area contributed by atoms with Crippen LogP contribution in [0.1, 0.15) is 41.6 Å². The van der Waals surface area contributed by atoms with Gasteiger partial charge in [0.2, 0.25) is 11.8 Å². The fourth-order valence-corrected chi connectivity index (χ4v) is 4.27. The van der Waals surface area contributed by atoms with Crippen LogP contribution < -0.4 is 20.5 Å². The summed E-state index contributed by atoms with van der Waals surface area (Å²) in [5.74, 6) is 0.140. The Kier molecular flexibility index (Phi) is 6.17. The largest absolute Gasteiger partial charge is 0.490 e. The van der Waals surface area contributed by atoms with Crippen LogP contribution in [0.5, 0.6) is 11.6 Å². The third-order valence-electron chi connectivity index (χ3n) is 6.03. The molecule has 0 radical (unpaired) electrons. The summed E-state index contributed by atoms with van der Waals surface area (Å²) in [5.41, 5.74) is 8.54. The molecule has 0 atom stereocenters. The number of nitrogens with zero attached hydrogens (tertiary/aromatic N) is 4. The monoisotopic (exact) mass is 476 g/mol. The number of carbonyl (C=O) groups excluding carboxylic acids is 1. The van der Waals surface area contributed by atoms with E-state index in [1.165, 1.54) is 19.2 Å². The predicted octanol–water partition coefficient (Wildman–Crippen LogP) is 3.77. The van der Waals surface area contributed by atoms with Crippen molar-refractivity contribution in [2.75, 3.05) is 12.8 Å². The molecule has 3 N–H and O–H groups in total. The molecule has 0 bridgehead atoms. The molecule has 35 heavy (non-hydrogen) atoms. The Morgan fingerprint density at radius 3 is 2.83 bits per heavy atom. The van der Waals surface area contributed by atoms with Crippen LogP contribution in [0.15, 0.2) is 48.8 Å². The average Bonchev–Trinajstić information content (AvgIpc) is 3.51. The number of carbonyl (C=O) groups is 1. The minimum Gasteiger partial charge on any atom is -0.490 e. The molecule has 180 valence electrons. The lowest BCUT2D eigenvalue weighted by molar-refractivity contribution is 0.0946. The standard InChI is InChI=1S/C25H25FN6O3/c1-34-24-20(11-16(13-29-24)15-8-9-32-22(12-15)30-25(27)31-32)23(33)28-14-17-10-18(26)6-7-21(17)35-19-4-2-3-5-19/h6-13,19H,2-5,14H2,1H3,(H2,27,31)(H,28,33). The highest BCUT2D eigenvalue weighted by Gasteiger charge is 2.20. The van der Waals surface area contributed by atoms with Crippen LogP contribution in [0.3, 0.4) is 0 Å². The summed E-state index contributed by atoms with van der Waals surface area (Å²) in [4.78, 5) is 21.6. The van der Waals surface area contributed by atoms with Crippen molar-refractivity contribution in [1.82, 2.24) is 24.9 Å². The molecule has 10 heteroatoms. The van der Waals surface area contributed by atoms with Gasteiger partial charge in [0.05, 0.1) is 13.2 Å². The zero-order chi connectivity index (χ0) is 24.4. The number of hydrogen-bond donors (Lipinski definition) is 2. The number of rotatable bonds is 7. The number of amides is 1. The van der Waals surface area contributed by atoms with Crippen LogP contribution in [-0.4, -0.2) is 38.7 Å². The topological polar surface area (TPSA) is 117 Å². The summed E-state index contributed by atoms with van der Waals surface area (Å²) in [6.45, 7) is 0.0943. The van der Waals surface area contributed by atoms with Crippen LogP contribution in [0.25, 0.3) is 16.8 Å². The highest BCUT2D eigenvalue weighted by atomic mass is 19.1.